The maximum absolute atomic E-state index is 11.6. The Balaban J connectivity index is 1.37. The topological polar surface area (TPSA) is 101 Å². The molecule has 1 aromatic heterocycles. The van der Waals surface area contributed by atoms with Gasteiger partial charge in [0.25, 0.3) is 0 Å². The second kappa shape index (κ2) is 10.0. The molecular formula is C31H29N3O4. The summed E-state index contributed by atoms with van der Waals surface area (Å²) in [6.07, 6.45) is 0.527. The van der Waals surface area contributed by atoms with Gasteiger partial charge in [0.1, 0.15) is 5.52 Å². The number of aromatic nitrogens is 1. The first kappa shape index (κ1) is 25.0. The number of hydrogen-bond acceptors (Lipinski definition) is 6. The normalized spacial score (nSPS) is 11.6. The van der Waals surface area contributed by atoms with E-state index in [9.17, 15) is 15.2 Å². The fraction of sp³-hybridized carbons (Fsp3) is 0.194. The predicted octanol–water partition coefficient (Wildman–Crippen LogP) is 7.61. The third-order valence-electron chi connectivity index (χ3n) is 6.54. The van der Waals surface area contributed by atoms with Crippen LogP contribution in [0.2, 0.25) is 0 Å². The quantitative estimate of drug-likeness (QED) is 0.174. The van der Waals surface area contributed by atoms with Crippen molar-refractivity contribution in [3.8, 4) is 17.2 Å². The highest BCUT2D eigenvalue weighted by molar-refractivity contribution is 5.80. The smallest absolute Gasteiger partial charge is 0.311 e. The first-order valence-electron chi connectivity index (χ1n) is 12.5. The molecule has 192 valence electrons. The lowest BCUT2D eigenvalue weighted by Crippen LogP contribution is -2.10. The second-order valence-electron chi connectivity index (χ2n) is 10.4. The number of rotatable bonds is 7. The molecule has 0 fully saturated rings. The number of nitro groups is 1. The summed E-state index contributed by atoms with van der Waals surface area (Å²) in [5.74, 6) is 0.210. The summed E-state index contributed by atoms with van der Waals surface area (Å²) in [6, 6.07) is 26.7. The first-order valence-corrected chi connectivity index (χ1v) is 12.5. The van der Waals surface area contributed by atoms with Crippen LogP contribution < -0.4 is 5.32 Å². The van der Waals surface area contributed by atoms with Crippen LogP contribution in [-0.4, -0.2) is 15.0 Å². The van der Waals surface area contributed by atoms with Gasteiger partial charge in [-0.15, -0.1) is 0 Å². The number of oxazole rings is 1. The zero-order chi connectivity index (χ0) is 26.9. The van der Waals surface area contributed by atoms with Gasteiger partial charge in [0.05, 0.1) is 4.92 Å². The lowest BCUT2D eigenvalue weighted by atomic mass is 9.87. The van der Waals surface area contributed by atoms with Gasteiger partial charge in [-0.3, -0.25) is 10.1 Å². The highest BCUT2D eigenvalue weighted by atomic mass is 16.6. The van der Waals surface area contributed by atoms with Crippen molar-refractivity contribution in [1.29, 1.82) is 0 Å². The minimum absolute atomic E-state index is 0.0658. The number of anilines is 1. The van der Waals surface area contributed by atoms with E-state index in [1.165, 1.54) is 11.6 Å². The van der Waals surface area contributed by atoms with E-state index in [2.05, 4.69) is 43.2 Å². The molecule has 0 atom stereocenters. The average molecular weight is 508 g/mol. The molecule has 2 N–H and O–H groups in total. The van der Waals surface area contributed by atoms with E-state index in [-0.39, 0.29) is 23.4 Å². The Morgan fingerprint density at radius 1 is 0.947 bits per heavy atom. The predicted molar refractivity (Wildman–Crippen MR) is 149 cm³/mol. The number of nitrogens with zero attached hydrogens (tertiary/aromatic N) is 2. The highest BCUT2D eigenvalue weighted by Gasteiger charge is 2.20. The molecule has 0 unspecified atom stereocenters. The number of fused-ring (bicyclic) bond motifs is 1. The summed E-state index contributed by atoms with van der Waals surface area (Å²) in [5.41, 5.74) is 6.25. The van der Waals surface area contributed by atoms with Gasteiger partial charge >= 0.3 is 5.69 Å². The van der Waals surface area contributed by atoms with Crippen LogP contribution in [-0.2, 0) is 18.4 Å². The third-order valence-corrected chi connectivity index (χ3v) is 6.54. The van der Waals surface area contributed by atoms with E-state index in [1.807, 2.05) is 60.7 Å². The van der Waals surface area contributed by atoms with Gasteiger partial charge in [0, 0.05) is 29.4 Å². The molecule has 0 spiro atoms. The van der Waals surface area contributed by atoms with Gasteiger partial charge in [0.15, 0.2) is 11.3 Å². The minimum Gasteiger partial charge on any atom is -0.502 e. The molecule has 0 saturated carbocycles. The molecule has 7 heteroatoms. The van der Waals surface area contributed by atoms with Crippen molar-refractivity contribution in [2.75, 3.05) is 5.32 Å². The molecular weight excluding hydrogens is 478 g/mol. The van der Waals surface area contributed by atoms with Crippen molar-refractivity contribution >= 4 is 22.5 Å². The fourth-order valence-corrected chi connectivity index (χ4v) is 4.42. The van der Waals surface area contributed by atoms with Crippen molar-refractivity contribution in [2.45, 2.75) is 39.2 Å². The Bertz CT molecular complexity index is 1600. The van der Waals surface area contributed by atoms with Crippen LogP contribution in [0, 0.1) is 10.1 Å². The summed E-state index contributed by atoms with van der Waals surface area (Å²) in [6.45, 7) is 6.73. The molecule has 0 aliphatic heterocycles. The number of phenolic OH excluding ortho intramolecular Hbond substituents is 1. The van der Waals surface area contributed by atoms with E-state index < -0.39 is 4.92 Å². The highest BCUT2D eigenvalue weighted by Crippen LogP contribution is 2.33. The van der Waals surface area contributed by atoms with Crippen molar-refractivity contribution < 1.29 is 14.4 Å². The van der Waals surface area contributed by atoms with Gasteiger partial charge in [-0.25, -0.2) is 4.98 Å². The SMILES string of the molecule is CC(C)(C)c1ccc(-c2nc3cc(NCc4cc(Cc5ccccc5)cc([N+](=O)[O-])c4O)ccc3o2)cc1. The van der Waals surface area contributed by atoms with Crippen molar-refractivity contribution in [3.63, 3.8) is 0 Å². The molecule has 0 bridgehead atoms. The van der Waals surface area contributed by atoms with Crippen molar-refractivity contribution in [2.24, 2.45) is 0 Å². The molecule has 0 aliphatic carbocycles. The van der Waals surface area contributed by atoms with Crippen molar-refractivity contribution in [3.05, 3.63) is 117 Å². The monoisotopic (exact) mass is 507 g/mol. The largest absolute Gasteiger partial charge is 0.502 e. The molecule has 0 amide bonds. The lowest BCUT2D eigenvalue weighted by molar-refractivity contribution is -0.386. The van der Waals surface area contributed by atoms with Gasteiger partial charge in [0.2, 0.25) is 5.89 Å². The third kappa shape index (κ3) is 5.37. The maximum Gasteiger partial charge on any atom is 0.311 e. The maximum atomic E-state index is 11.6. The van der Waals surface area contributed by atoms with Crippen LogP contribution in [0.25, 0.3) is 22.6 Å². The van der Waals surface area contributed by atoms with Crippen LogP contribution in [0.15, 0.2) is 89.3 Å². The number of hydrogen-bond donors (Lipinski definition) is 2. The first-order chi connectivity index (χ1) is 18.2. The summed E-state index contributed by atoms with van der Waals surface area (Å²) >= 11 is 0. The molecule has 0 aliphatic rings. The summed E-state index contributed by atoms with van der Waals surface area (Å²) in [4.78, 5) is 15.7. The minimum atomic E-state index is -0.551. The van der Waals surface area contributed by atoms with Crippen LogP contribution in [0.5, 0.6) is 5.75 Å². The van der Waals surface area contributed by atoms with Gasteiger partial charge in [-0.1, -0.05) is 63.2 Å². The number of nitrogens with one attached hydrogen (secondary N) is 1. The second-order valence-corrected chi connectivity index (χ2v) is 10.4. The van der Waals surface area contributed by atoms with Gasteiger partial charge in [-0.05, 0) is 64.9 Å². The molecule has 1 heterocycles. The van der Waals surface area contributed by atoms with Crippen LogP contribution in [0.1, 0.15) is 43.0 Å². The fourth-order valence-electron chi connectivity index (χ4n) is 4.42. The summed E-state index contributed by atoms with van der Waals surface area (Å²) < 4.78 is 5.98. The standard InChI is InChI=1S/C31H29N3O4/c1-31(2,3)24-11-9-22(10-12-24)30-33-26-18-25(13-14-28(26)38-30)32-19-23-16-21(15-20-7-5-4-6-8-20)17-27(29(23)35)34(36)37/h4-14,16-18,32,35H,15,19H2,1-3H3. The Kier molecular flexibility index (Phi) is 6.59. The summed E-state index contributed by atoms with van der Waals surface area (Å²) in [7, 11) is 0. The zero-order valence-electron chi connectivity index (χ0n) is 21.6. The van der Waals surface area contributed by atoms with Crippen LogP contribution in [0.4, 0.5) is 11.4 Å². The molecule has 4 aromatic carbocycles. The van der Waals surface area contributed by atoms with E-state index in [0.717, 1.165) is 22.4 Å². The van der Waals surface area contributed by atoms with Gasteiger partial charge in [-0.2, -0.15) is 0 Å². The number of phenols is 1. The Morgan fingerprint density at radius 2 is 1.68 bits per heavy atom. The van der Waals surface area contributed by atoms with Crippen molar-refractivity contribution in [1.82, 2.24) is 4.98 Å². The molecule has 38 heavy (non-hydrogen) atoms. The Hall–Kier alpha value is -4.65. The lowest BCUT2D eigenvalue weighted by Gasteiger charge is -2.18. The van der Waals surface area contributed by atoms with E-state index in [4.69, 9.17) is 4.42 Å². The van der Waals surface area contributed by atoms with Gasteiger partial charge < -0.3 is 14.8 Å². The number of nitro benzene ring substituents is 1. The molecule has 5 rings (SSSR count). The van der Waals surface area contributed by atoms with E-state index in [0.29, 0.717) is 29.0 Å². The van der Waals surface area contributed by atoms with Crippen LogP contribution >= 0.6 is 0 Å². The van der Waals surface area contributed by atoms with E-state index >= 15 is 0 Å². The molecule has 7 nitrogen and oxygen atoms in total. The Labute approximate surface area is 220 Å². The Morgan fingerprint density at radius 3 is 2.37 bits per heavy atom. The van der Waals surface area contributed by atoms with E-state index in [1.54, 1.807) is 6.07 Å². The summed E-state index contributed by atoms with van der Waals surface area (Å²) in [5, 5.41) is 25.4. The number of benzene rings is 4. The van der Waals surface area contributed by atoms with Crippen LogP contribution in [0.3, 0.4) is 0 Å². The number of aromatic hydroxyl groups is 1. The molecule has 0 saturated heterocycles. The molecule has 0 radical (unpaired) electrons. The zero-order valence-corrected chi connectivity index (χ0v) is 21.6. The molecule has 5 aromatic rings. The average Bonchev–Trinajstić information content (AvgIpc) is 3.32.